The molecule has 0 aliphatic heterocycles. The molecule has 1 aliphatic carbocycles. The fourth-order valence-electron chi connectivity index (χ4n) is 3.47. The minimum absolute atomic E-state index is 0.218. The lowest BCUT2D eigenvalue weighted by Gasteiger charge is -2.40. The second-order valence-electron chi connectivity index (χ2n) is 7.09. The number of nitrogens with two attached hydrogens (primary N) is 1. The molecule has 0 radical (unpaired) electrons. The zero-order chi connectivity index (χ0) is 21.7. The van der Waals surface area contributed by atoms with Crippen molar-refractivity contribution < 1.29 is 13.3 Å². The van der Waals surface area contributed by atoms with Gasteiger partial charge in [0.25, 0.3) is 5.70 Å². The summed E-state index contributed by atoms with van der Waals surface area (Å²) >= 11 is 1.73. The van der Waals surface area contributed by atoms with E-state index >= 15 is 0 Å². The third kappa shape index (κ3) is 5.46. The molecule has 0 amide bonds. The molecular formula is C19H28N4O4S2. The number of nitrogens with zero attached hydrogens (tertiary/aromatic N) is 2. The van der Waals surface area contributed by atoms with Gasteiger partial charge in [-0.2, -0.15) is 0 Å². The molecule has 160 valence electrons. The van der Waals surface area contributed by atoms with E-state index in [1.165, 1.54) is 23.1 Å². The topological polar surface area (TPSA) is 119 Å². The molecule has 3 N–H and O–H groups in total. The van der Waals surface area contributed by atoms with Gasteiger partial charge in [-0.25, -0.2) is 13.6 Å². The zero-order valence-electron chi connectivity index (χ0n) is 16.8. The van der Waals surface area contributed by atoms with Crippen LogP contribution in [0.1, 0.15) is 19.8 Å². The number of likely N-dealkylation sites (N-methyl/N-ethyl adjacent to an activating group) is 1. The van der Waals surface area contributed by atoms with Crippen molar-refractivity contribution in [2.45, 2.75) is 40.8 Å². The summed E-state index contributed by atoms with van der Waals surface area (Å²) in [6, 6.07) is 8.92. The largest absolute Gasteiger partial charge is 0.294 e. The third-order valence-electron chi connectivity index (χ3n) is 4.86. The molecular weight excluding hydrogens is 412 g/mol. The maximum Gasteiger partial charge on any atom is 0.266 e. The maximum atomic E-state index is 12.6. The summed E-state index contributed by atoms with van der Waals surface area (Å²) in [4.78, 5) is 11.8. The van der Waals surface area contributed by atoms with Gasteiger partial charge in [-0.05, 0) is 51.7 Å². The number of thioether (sulfide) groups is 1. The average molecular weight is 441 g/mol. The molecule has 0 fully saturated rings. The van der Waals surface area contributed by atoms with E-state index in [4.69, 9.17) is 5.14 Å². The molecule has 10 heteroatoms. The number of nitrogens with one attached hydrogen (secondary N) is 1. The van der Waals surface area contributed by atoms with Crippen LogP contribution in [-0.2, 0) is 10.0 Å². The highest BCUT2D eigenvalue weighted by atomic mass is 32.2. The summed E-state index contributed by atoms with van der Waals surface area (Å²) in [5, 5.41) is 20.4. The van der Waals surface area contributed by atoms with Gasteiger partial charge < -0.3 is 0 Å². The number of hydrogen-bond donors (Lipinski definition) is 2. The summed E-state index contributed by atoms with van der Waals surface area (Å²) in [5.41, 5.74) is -0.218. The number of nitro groups is 1. The Kier molecular flexibility index (Phi) is 8.01. The van der Waals surface area contributed by atoms with Crippen LogP contribution in [-0.4, -0.2) is 55.0 Å². The van der Waals surface area contributed by atoms with Gasteiger partial charge in [-0.15, -0.1) is 11.8 Å². The molecule has 0 bridgehead atoms. The highest BCUT2D eigenvalue weighted by Crippen LogP contribution is 2.32. The SMILES string of the molecule is CCC(CCNC1(S(N)(=O)=O)C=CC=C([N+](=O)[O-])C1N(C)C)Sc1ccccc1. The van der Waals surface area contributed by atoms with Crippen LogP contribution in [0.4, 0.5) is 0 Å². The lowest BCUT2D eigenvalue weighted by Crippen LogP contribution is -2.66. The Morgan fingerprint density at radius 2 is 2.00 bits per heavy atom. The number of hydrogen-bond acceptors (Lipinski definition) is 7. The molecule has 0 spiro atoms. The number of sulfonamides is 1. The predicted molar refractivity (Wildman–Crippen MR) is 117 cm³/mol. The van der Waals surface area contributed by atoms with Crippen LogP contribution in [0.2, 0.25) is 0 Å². The molecule has 2 rings (SSSR count). The molecule has 1 aromatic rings. The average Bonchev–Trinajstić information content (AvgIpc) is 2.66. The summed E-state index contributed by atoms with van der Waals surface area (Å²) in [6.45, 7) is 2.42. The van der Waals surface area contributed by atoms with Gasteiger partial charge in [-0.1, -0.05) is 31.2 Å². The van der Waals surface area contributed by atoms with E-state index in [1.54, 1.807) is 25.9 Å². The molecule has 1 aromatic carbocycles. The normalized spacial score (nSPS) is 23.1. The quantitative estimate of drug-likeness (QED) is 0.325. The van der Waals surface area contributed by atoms with Crippen LogP contribution in [0.25, 0.3) is 0 Å². The van der Waals surface area contributed by atoms with Gasteiger partial charge in [0, 0.05) is 16.2 Å². The first kappa shape index (κ1) is 23.6. The second kappa shape index (κ2) is 9.86. The van der Waals surface area contributed by atoms with Gasteiger partial charge in [0.05, 0.1) is 4.92 Å². The highest BCUT2D eigenvalue weighted by molar-refractivity contribution is 8.00. The van der Waals surface area contributed by atoms with Crippen LogP contribution >= 0.6 is 11.8 Å². The van der Waals surface area contributed by atoms with Gasteiger partial charge in [0.1, 0.15) is 6.04 Å². The minimum atomic E-state index is -4.20. The first-order valence-electron chi connectivity index (χ1n) is 9.31. The molecule has 3 unspecified atom stereocenters. The first-order valence-corrected chi connectivity index (χ1v) is 11.7. The monoisotopic (exact) mass is 440 g/mol. The van der Waals surface area contributed by atoms with Crippen LogP contribution in [0.15, 0.2) is 59.2 Å². The zero-order valence-corrected chi connectivity index (χ0v) is 18.4. The van der Waals surface area contributed by atoms with Gasteiger partial charge in [0.2, 0.25) is 10.0 Å². The van der Waals surface area contributed by atoms with Crippen LogP contribution in [0.5, 0.6) is 0 Å². The van der Waals surface area contributed by atoms with Crippen molar-refractivity contribution in [2.75, 3.05) is 20.6 Å². The van der Waals surface area contributed by atoms with E-state index in [9.17, 15) is 18.5 Å². The standard InChI is InChI=1S/C19H28N4O4S2/c1-4-15(28-16-9-6-5-7-10-16)12-14-21-19(29(20,26)27)13-8-11-17(23(24)25)18(19)22(2)3/h5-11,13,15,18,21H,4,12,14H2,1-3H3,(H2,20,26,27). The molecule has 1 aliphatic rings. The molecule has 0 heterocycles. The number of rotatable bonds is 10. The summed E-state index contributed by atoms with van der Waals surface area (Å²) in [6.07, 6.45) is 5.68. The van der Waals surface area contributed by atoms with Crippen molar-refractivity contribution in [3.05, 3.63) is 64.4 Å². The van der Waals surface area contributed by atoms with Crippen LogP contribution in [0, 0.1) is 10.1 Å². The Bertz CT molecular complexity index is 871. The number of primary sulfonamides is 1. The van der Waals surface area contributed by atoms with E-state index in [0.717, 1.165) is 11.3 Å². The Labute approximate surface area is 176 Å². The van der Waals surface area contributed by atoms with Crippen molar-refractivity contribution in [3.8, 4) is 0 Å². The van der Waals surface area contributed by atoms with Crippen molar-refractivity contribution in [1.29, 1.82) is 0 Å². The number of benzene rings is 1. The molecule has 0 saturated heterocycles. The van der Waals surface area contributed by atoms with Crippen molar-refractivity contribution in [2.24, 2.45) is 5.14 Å². The van der Waals surface area contributed by atoms with Gasteiger partial charge in [0.15, 0.2) is 4.87 Å². The Hall–Kier alpha value is -1.72. The summed E-state index contributed by atoms with van der Waals surface area (Å²) < 4.78 is 25.2. The highest BCUT2D eigenvalue weighted by Gasteiger charge is 2.54. The summed E-state index contributed by atoms with van der Waals surface area (Å²) in [5.74, 6) is 0. The predicted octanol–water partition coefficient (Wildman–Crippen LogP) is 2.18. The fourth-order valence-corrected chi connectivity index (χ4v) is 5.79. The smallest absolute Gasteiger partial charge is 0.266 e. The van der Waals surface area contributed by atoms with E-state index in [1.807, 2.05) is 30.3 Å². The fraction of sp³-hybridized carbons (Fsp3) is 0.474. The van der Waals surface area contributed by atoms with Crippen LogP contribution < -0.4 is 10.5 Å². The Balaban J connectivity index is 2.22. The van der Waals surface area contributed by atoms with Gasteiger partial charge >= 0.3 is 0 Å². The van der Waals surface area contributed by atoms with E-state index < -0.39 is 25.9 Å². The maximum absolute atomic E-state index is 12.6. The minimum Gasteiger partial charge on any atom is -0.294 e. The van der Waals surface area contributed by atoms with Crippen LogP contribution in [0.3, 0.4) is 0 Å². The third-order valence-corrected chi connectivity index (χ3v) is 7.76. The molecule has 0 aromatic heterocycles. The molecule has 29 heavy (non-hydrogen) atoms. The first-order chi connectivity index (χ1) is 13.6. The van der Waals surface area contributed by atoms with E-state index in [2.05, 4.69) is 12.2 Å². The Morgan fingerprint density at radius 1 is 1.34 bits per heavy atom. The second-order valence-corrected chi connectivity index (χ2v) is 10.2. The van der Waals surface area contributed by atoms with Crippen molar-refractivity contribution >= 4 is 21.8 Å². The van der Waals surface area contributed by atoms with E-state index in [-0.39, 0.29) is 10.9 Å². The van der Waals surface area contributed by atoms with Gasteiger partial charge in [-0.3, -0.25) is 20.3 Å². The van der Waals surface area contributed by atoms with E-state index in [0.29, 0.717) is 13.0 Å². The number of allylic oxidation sites excluding steroid dienone is 2. The lowest BCUT2D eigenvalue weighted by atomic mass is 9.97. The van der Waals surface area contributed by atoms with Crippen molar-refractivity contribution in [1.82, 2.24) is 10.2 Å². The summed E-state index contributed by atoms with van der Waals surface area (Å²) in [7, 11) is -1.00. The van der Waals surface area contributed by atoms with Crippen molar-refractivity contribution in [3.63, 3.8) is 0 Å². The molecule has 8 nitrogen and oxygen atoms in total. The molecule has 3 atom stereocenters. The lowest BCUT2D eigenvalue weighted by molar-refractivity contribution is -0.433. The molecule has 0 saturated carbocycles. The Morgan fingerprint density at radius 3 is 2.52 bits per heavy atom.